The Morgan fingerprint density at radius 3 is 2.39 bits per heavy atom. The van der Waals surface area contributed by atoms with Crippen molar-refractivity contribution in [3.8, 4) is 0 Å². The third-order valence-electron chi connectivity index (χ3n) is 7.02. The predicted octanol–water partition coefficient (Wildman–Crippen LogP) is 4.81. The highest BCUT2D eigenvalue weighted by molar-refractivity contribution is 5.97. The lowest BCUT2D eigenvalue weighted by Crippen LogP contribution is -2.55. The van der Waals surface area contributed by atoms with E-state index in [0.29, 0.717) is 31.1 Å². The van der Waals surface area contributed by atoms with Crippen LogP contribution in [0.1, 0.15) is 36.1 Å². The number of hydrogen-bond donors (Lipinski definition) is 0. The summed E-state index contributed by atoms with van der Waals surface area (Å²) in [7, 11) is 2.12. The Morgan fingerprint density at radius 2 is 1.76 bits per heavy atom. The predicted molar refractivity (Wildman–Crippen MR) is 121 cm³/mol. The van der Waals surface area contributed by atoms with Gasteiger partial charge in [0.25, 0.3) is 0 Å². The molecule has 2 atom stereocenters. The summed E-state index contributed by atoms with van der Waals surface area (Å²) in [6, 6.07) is 7.95. The monoisotopic (exact) mass is 463 g/mol. The van der Waals surface area contributed by atoms with Crippen molar-refractivity contribution >= 4 is 17.3 Å². The van der Waals surface area contributed by atoms with E-state index < -0.39 is 29.9 Å². The van der Waals surface area contributed by atoms with Crippen molar-refractivity contribution in [2.45, 2.75) is 51.9 Å². The van der Waals surface area contributed by atoms with Crippen molar-refractivity contribution in [3.63, 3.8) is 0 Å². The topological polar surface area (TPSA) is 26.8 Å². The average molecular weight is 464 g/mol. The number of piperazine rings is 1. The number of benzene rings is 2. The molecule has 33 heavy (non-hydrogen) atoms. The van der Waals surface area contributed by atoms with E-state index in [1.54, 1.807) is 4.90 Å². The van der Waals surface area contributed by atoms with E-state index in [-0.39, 0.29) is 5.56 Å². The van der Waals surface area contributed by atoms with Crippen LogP contribution in [0.4, 0.5) is 28.9 Å². The van der Waals surface area contributed by atoms with E-state index in [4.69, 9.17) is 0 Å². The molecule has 0 saturated carbocycles. The lowest BCUT2D eigenvalue weighted by atomic mass is 10.0. The molecule has 1 fully saturated rings. The third-order valence-corrected chi connectivity index (χ3v) is 7.02. The normalized spacial score (nSPS) is 21.5. The fourth-order valence-electron chi connectivity index (χ4n) is 4.94. The number of rotatable bonds is 3. The Kier molecular flexibility index (Phi) is 6.16. The van der Waals surface area contributed by atoms with Crippen LogP contribution in [-0.4, -0.2) is 49.6 Å². The summed E-state index contributed by atoms with van der Waals surface area (Å²) in [5.74, 6) is -1.77. The van der Waals surface area contributed by atoms with Crippen molar-refractivity contribution in [1.82, 2.24) is 4.90 Å². The summed E-state index contributed by atoms with van der Waals surface area (Å²) >= 11 is 0. The highest BCUT2D eigenvalue weighted by Gasteiger charge is 2.36. The van der Waals surface area contributed by atoms with Crippen LogP contribution in [0.5, 0.6) is 0 Å². The van der Waals surface area contributed by atoms with Gasteiger partial charge in [-0.2, -0.15) is 13.2 Å². The Labute approximate surface area is 191 Å². The smallest absolute Gasteiger partial charge is 0.368 e. The molecule has 2 unspecified atom stereocenters. The van der Waals surface area contributed by atoms with Gasteiger partial charge in [-0.15, -0.1) is 0 Å². The maximum Gasteiger partial charge on any atom is 0.419 e. The molecule has 178 valence electrons. The molecule has 0 aromatic heterocycles. The number of anilines is 2. The van der Waals surface area contributed by atoms with Gasteiger partial charge in [0.15, 0.2) is 0 Å². The Hall–Kier alpha value is -2.61. The van der Waals surface area contributed by atoms with Crippen LogP contribution < -0.4 is 9.80 Å². The molecule has 2 aromatic carbocycles. The minimum atomic E-state index is -4.80. The first kappa shape index (κ1) is 23.5. The minimum absolute atomic E-state index is 0.239. The van der Waals surface area contributed by atoms with Gasteiger partial charge in [-0.3, -0.25) is 9.69 Å². The van der Waals surface area contributed by atoms with Gasteiger partial charge in [0, 0.05) is 43.1 Å². The number of hydrogen-bond acceptors (Lipinski definition) is 3. The van der Waals surface area contributed by atoms with Crippen molar-refractivity contribution in [2.24, 2.45) is 0 Å². The average Bonchev–Trinajstić information content (AvgIpc) is 3.14. The van der Waals surface area contributed by atoms with Gasteiger partial charge in [-0.1, -0.05) is 18.2 Å². The van der Waals surface area contributed by atoms with Gasteiger partial charge >= 0.3 is 6.18 Å². The molecule has 0 spiro atoms. The number of alkyl halides is 3. The minimum Gasteiger partial charge on any atom is -0.368 e. The lowest BCUT2D eigenvalue weighted by Gasteiger charge is -2.44. The molecule has 4 nitrogen and oxygen atoms in total. The molecular weight excluding hydrogens is 434 g/mol. The molecule has 0 radical (unpaired) electrons. The molecule has 1 saturated heterocycles. The van der Waals surface area contributed by atoms with Crippen LogP contribution in [0.15, 0.2) is 30.3 Å². The van der Waals surface area contributed by atoms with E-state index in [0.717, 1.165) is 41.7 Å². The molecule has 0 bridgehead atoms. The number of aryl methyl sites for hydroxylation is 1. The van der Waals surface area contributed by atoms with Crippen LogP contribution >= 0.6 is 0 Å². The van der Waals surface area contributed by atoms with Gasteiger partial charge in [0.05, 0.1) is 12.0 Å². The summed E-state index contributed by atoms with van der Waals surface area (Å²) in [6.07, 6.45) is -4.55. The van der Waals surface area contributed by atoms with Crippen molar-refractivity contribution < 1.29 is 22.4 Å². The van der Waals surface area contributed by atoms with E-state index in [2.05, 4.69) is 43.7 Å². The zero-order valence-electron chi connectivity index (χ0n) is 19.3. The summed E-state index contributed by atoms with van der Waals surface area (Å²) in [6.45, 7) is 8.60. The second kappa shape index (κ2) is 8.63. The van der Waals surface area contributed by atoms with Crippen molar-refractivity contribution in [2.75, 3.05) is 36.5 Å². The van der Waals surface area contributed by atoms with Gasteiger partial charge < -0.3 is 9.80 Å². The highest BCUT2D eigenvalue weighted by Crippen LogP contribution is 2.37. The van der Waals surface area contributed by atoms with Gasteiger partial charge in [-0.25, -0.2) is 4.39 Å². The molecule has 4 rings (SSSR count). The molecule has 2 heterocycles. The third kappa shape index (κ3) is 4.45. The number of likely N-dealkylation sites (N-methyl/N-ethyl adjacent to an activating group) is 1. The number of carbonyl (C=O) groups is 1. The fraction of sp³-hybridized carbons (Fsp3) is 0.480. The Morgan fingerprint density at radius 1 is 1.09 bits per heavy atom. The molecule has 0 aliphatic carbocycles. The summed E-state index contributed by atoms with van der Waals surface area (Å²) in [5, 5.41) is 0. The zero-order valence-corrected chi connectivity index (χ0v) is 19.3. The molecular formula is C25H29F4N3O. The SMILES string of the molecule is Cc1cc2c(cc1N1CC(C)N(C)C(C)C1)N(C(=O)Cc1cccc(C(F)(F)F)c1F)CC2. The quantitative estimate of drug-likeness (QED) is 0.611. The maximum absolute atomic E-state index is 14.5. The van der Waals surface area contributed by atoms with Gasteiger partial charge in [0.2, 0.25) is 5.91 Å². The van der Waals surface area contributed by atoms with Crippen LogP contribution in [0.25, 0.3) is 0 Å². The summed E-state index contributed by atoms with van der Waals surface area (Å²) in [5.41, 5.74) is 2.42. The molecule has 2 aliphatic heterocycles. The van der Waals surface area contributed by atoms with Crippen molar-refractivity contribution in [1.29, 1.82) is 0 Å². The van der Waals surface area contributed by atoms with Gasteiger partial charge in [-0.05, 0) is 63.1 Å². The van der Waals surface area contributed by atoms with Crippen LogP contribution in [0, 0.1) is 12.7 Å². The first-order valence-corrected chi connectivity index (χ1v) is 11.2. The molecule has 2 aliphatic rings. The Balaban J connectivity index is 1.60. The molecule has 1 amide bonds. The van der Waals surface area contributed by atoms with Crippen LogP contribution in [0.3, 0.4) is 0 Å². The van der Waals surface area contributed by atoms with Crippen LogP contribution in [0.2, 0.25) is 0 Å². The van der Waals surface area contributed by atoms with E-state index in [1.807, 2.05) is 6.07 Å². The first-order chi connectivity index (χ1) is 15.5. The molecule has 0 N–H and O–H groups in total. The standard InChI is InChI=1S/C25H29F4N3O/c1-15-10-18-8-9-32(22(18)12-21(15)31-13-16(2)30(4)17(3)14-31)23(33)11-19-6-5-7-20(24(19)26)25(27,28)29/h5-7,10,12,16-17H,8-9,11,13-14H2,1-4H3. The molecule has 8 heteroatoms. The second-order valence-electron chi connectivity index (χ2n) is 9.28. The maximum atomic E-state index is 14.5. The van der Waals surface area contributed by atoms with Gasteiger partial charge in [0.1, 0.15) is 5.82 Å². The number of amides is 1. The largest absolute Gasteiger partial charge is 0.419 e. The number of fused-ring (bicyclic) bond motifs is 1. The Bertz CT molecular complexity index is 1060. The van der Waals surface area contributed by atoms with Crippen LogP contribution in [-0.2, 0) is 23.8 Å². The summed E-state index contributed by atoms with van der Waals surface area (Å²) in [4.78, 5) is 19.3. The number of nitrogens with zero attached hydrogens (tertiary/aromatic N) is 3. The lowest BCUT2D eigenvalue weighted by molar-refractivity contribution is -0.140. The highest BCUT2D eigenvalue weighted by atomic mass is 19.4. The van der Waals surface area contributed by atoms with E-state index in [9.17, 15) is 22.4 Å². The van der Waals surface area contributed by atoms with E-state index >= 15 is 0 Å². The number of halogens is 4. The van der Waals surface area contributed by atoms with Crippen molar-refractivity contribution in [3.05, 3.63) is 58.4 Å². The zero-order chi connectivity index (χ0) is 24.1. The van der Waals surface area contributed by atoms with E-state index in [1.165, 1.54) is 6.07 Å². The second-order valence-corrected chi connectivity index (χ2v) is 9.28. The number of carbonyl (C=O) groups excluding carboxylic acids is 1. The molecule has 2 aromatic rings. The fourth-order valence-corrected chi connectivity index (χ4v) is 4.94. The first-order valence-electron chi connectivity index (χ1n) is 11.2. The summed E-state index contributed by atoms with van der Waals surface area (Å²) < 4.78 is 53.7.